The van der Waals surface area contributed by atoms with Crippen molar-refractivity contribution in [3.05, 3.63) is 12.2 Å². The number of carboxylic acids is 2. The fourth-order valence-corrected chi connectivity index (χ4v) is 3.39. The SMILES string of the molecule is O=C(O)/C=C\C(=O)O.O=C1CC[C@H](C(=O)N2CCN(CC(=O)N3CCOCC3)CC2)N1. The van der Waals surface area contributed by atoms with Crippen LogP contribution in [0.4, 0.5) is 0 Å². The summed E-state index contributed by atoms with van der Waals surface area (Å²) < 4.78 is 5.26. The molecule has 0 aliphatic carbocycles. The summed E-state index contributed by atoms with van der Waals surface area (Å²) in [6.45, 7) is 5.58. The monoisotopic (exact) mass is 440 g/mol. The molecule has 172 valence electrons. The van der Waals surface area contributed by atoms with Crippen molar-refractivity contribution in [1.29, 1.82) is 0 Å². The van der Waals surface area contributed by atoms with Crippen LogP contribution >= 0.6 is 0 Å². The Hall–Kier alpha value is -2.99. The van der Waals surface area contributed by atoms with Crippen LogP contribution < -0.4 is 5.32 Å². The molecule has 3 heterocycles. The van der Waals surface area contributed by atoms with E-state index >= 15 is 0 Å². The van der Waals surface area contributed by atoms with Crippen LogP contribution in [0.25, 0.3) is 0 Å². The average molecular weight is 440 g/mol. The lowest BCUT2D eigenvalue weighted by atomic mass is 10.2. The third-order valence-electron chi connectivity index (χ3n) is 5.07. The Labute approximate surface area is 179 Å². The second kappa shape index (κ2) is 12.0. The third-order valence-corrected chi connectivity index (χ3v) is 5.07. The van der Waals surface area contributed by atoms with Gasteiger partial charge >= 0.3 is 11.9 Å². The van der Waals surface area contributed by atoms with Crippen molar-refractivity contribution in [2.75, 3.05) is 59.0 Å². The lowest BCUT2D eigenvalue weighted by Crippen LogP contribution is -2.55. The minimum atomic E-state index is -1.26. The summed E-state index contributed by atoms with van der Waals surface area (Å²) in [7, 11) is 0. The van der Waals surface area contributed by atoms with Crippen molar-refractivity contribution in [3.8, 4) is 0 Å². The number of hydrogen-bond acceptors (Lipinski definition) is 7. The molecule has 0 aromatic heterocycles. The number of rotatable bonds is 5. The highest BCUT2D eigenvalue weighted by molar-refractivity contribution is 5.91. The zero-order valence-corrected chi connectivity index (χ0v) is 17.2. The lowest BCUT2D eigenvalue weighted by Gasteiger charge is -2.36. The Kier molecular flexibility index (Phi) is 9.40. The molecule has 1 atom stereocenters. The van der Waals surface area contributed by atoms with Crippen molar-refractivity contribution < 1.29 is 38.9 Å². The second-order valence-electron chi connectivity index (χ2n) is 7.26. The number of morpholine rings is 1. The van der Waals surface area contributed by atoms with Gasteiger partial charge in [-0.25, -0.2) is 9.59 Å². The summed E-state index contributed by atoms with van der Waals surface area (Å²) in [4.78, 5) is 60.6. The quantitative estimate of drug-likeness (QED) is 0.411. The van der Waals surface area contributed by atoms with Gasteiger partial charge in [0, 0.05) is 57.8 Å². The van der Waals surface area contributed by atoms with Gasteiger partial charge in [-0.1, -0.05) is 0 Å². The molecule has 0 spiro atoms. The number of amides is 3. The number of carbonyl (C=O) groups excluding carboxylic acids is 3. The van der Waals surface area contributed by atoms with Gasteiger partial charge in [0.25, 0.3) is 0 Å². The fourth-order valence-electron chi connectivity index (χ4n) is 3.39. The predicted molar refractivity (Wildman–Crippen MR) is 106 cm³/mol. The maximum Gasteiger partial charge on any atom is 0.328 e. The van der Waals surface area contributed by atoms with E-state index in [9.17, 15) is 24.0 Å². The van der Waals surface area contributed by atoms with Gasteiger partial charge < -0.3 is 30.1 Å². The molecule has 3 fully saturated rings. The maximum atomic E-state index is 12.3. The molecular weight excluding hydrogens is 412 g/mol. The molecule has 0 unspecified atom stereocenters. The van der Waals surface area contributed by atoms with Gasteiger partial charge in [0.05, 0.1) is 19.8 Å². The molecule has 12 heteroatoms. The van der Waals surface area contributed by atoms with Crippen LogP contribution in [0.5, 0.6) is 0 Å². The molecule has 3 rings (SSSR count). The van der Waals surface area contributed by atoms with Crippen molar-refractivity contribution in [3.63, 3.8) is 0 Å². The third kappa shape index (κ3) is 8.34. The van der Waals surface area contributed by atoms with E-state index in [4.69, 9.17) is 14.9 Å². The molecule has 0 saturated carbocycles. The molecule has 3 N–H and O–H groups in total. The zero-order chi connectivity index (χ0) is 22.8. The molecule has 3 aliphatic rings. The van der Waals surface area contributed by atoms with Crippen molar-refractivity contribution in [1.82, 2.24) is 20.0 Å². The molecule has 31 heavy (non-hydrogen) atoms. The molecule has 0 radical (unpaired) electrons. The predicted octanol–water partition coefficient (Wildman–Crippen LogP) is -2.02. The first-order valence-corrected chi connectivity index (χ1v) is 10.1. The van der Waals surface area contributed by atoms with Crippen molar-refractivity contribution in [2.45, 2.75) is 18.9 Å². The second-order valence-corrected chi connectivity index (χ2v) is 7.26. The maximum absolute atomic E-state index is 12.3. The average Bonchev–Trinajstić information content (AvgIpc) is 3.19. The smallest absolute Gasteiger partial charge is 0.328 e. The molecule has 0 aromatic carbocycles. The van der Waals surface area contributed by atoms with E-state index in [2.05, 4.69) is 10.2 Å². The number of ether oxygens (including phenoxy) is 1. The van der Waals surface area contributed by atoms with Gasteiger partial charge in [0.1, 0.15) is 6.04 Å². The summed E-state index contributed by atoms with van der Waals surface area (Å²) in [5.74, 6) is -2.41. The van der Waals surface area contributed by atoms with E-state index in [0.717, 1.165) is 0 Å². The van der Waals surface area contributed by atoms with Crippen LogP contribution in [0.1, 0.15) is 12.8 Å². The topological polar surface area (TPSA) is 157 Å². The highest BCUT2D eigenvalue weighted by atomic mass is 16.5. The summed E-state index contributed by atoms with van der Waals surface area (Å²) >= 11 is 0. The summed E-state index contributed by atoms with van der Waals surface area (Å²) in [6, 6.07) is -0.357. The highest BCUT2D eigenvalue weighted by Crippen LogP contribution is 2.12. The number of aliphatic carboxylic acids is 2. The van der Waals surface area contributed by atoms with Crippen molar-refractivity contribution in [2.24, 2.45) is 0 Å². The Morgan fingerprint density at radius 1 is 0.935 bits per heavy atom. The van der Waals surface area contributed by atoms with Gasteiger partial charge in [-0.2, -0.15) is 0 Å². The van der Waals surface area contributed by atoms with Gasteiger partial charge in [-0.3, -0.25) is 19.3 Å². The van der Waals surface area contributed by atoms with Gasteiger partial charge in [-0.15, -0.1) is 0 Å². The molecular formula is C19H28N4O8. The summed E-state index contributed by atoms with van der Waals surface area (Å²) in [5, 5.41) is 18.3. The molecule has 3 saturated heterocycles. The van der Waals surface area contributed by atoms with Crippen LogP contribution in [0.2, 0.25) is 0 Å². The number of hydrogen-bond donors (Lipinski definition) is 3. The van der Waals surface area contributed by atoms with Gasteiger partial charge in [0.15, 0.2) is 0 Å². The molecule has 0 bridgehead atoms. The molecule has 12 nitrogen and oxygen atoms in total. The first-order valence-electron chi connectivity index (χ1n) is 10.1. The molecule has 3 aliphatic heterocycles. The van der Waals surface area contributed by atoms with Crippen LogP contribution in [-0.2, 0) is 28.7 Å². The van der Waals surface area contributed by atoms with E-state index < -0.39 is 11.9 Å². The van der Waals surface area contributed by atoms with E-state index in [1.165, 1.54) is 0 Å². The summed E-state index contributed by atoms with van der Waals surface area (Å²) in [5.41, 5.74) is 0. The number of nitrogens with zero attached hydrogens (tertiary/aromatic N) is 3. The zero-order valence-electron chi connectivity index (χ0n) is 17.2. The van der Waals surface area contributed by atoms with E-state index in [-0.39, 0.29) is 23.8 Å². The highest BCUT2D eigenvalue weighted by Gasteiger charge is 2.32. The van der Waals surface area contributed by atoms with Crippen LogP contribution in [0.3, 0.4) is 0 Å². The first-order chi connectivity index (χ1) is 14.8. The first kappa shape index (κ1) is 24.3. The van der Waals surface area contributed by atoms with Gasteiger partial charge in [-0.05, 0) is 6.42 Å². The largest absolute Gasteiger partial charge is 0.478 e. The van der Waals surface area contributed by atoms with Crippen LogP contribution in [-0.4, -0.2) is 120 Å². The number of carbonyl (C=O) groups is 5. The number of nitrogens with one attached hydrogen (secondary N) is 1. The lowest BCUT2D eigenvalue weighted by molar-refractivity contribution is -0.139. The standard InChI is InChI=1S/C15H24N4O4.C4H4O4/c20-13-2-1-12(16-13)15(22)19-5-3-17(4-6-19)11-14(21)18-7-9-23-10-8-18;5-3(6)1-2-4(7)8/h12H,1-11H2,(H,16,20);1-2H,(H,5,6)(H,7,8)/b;2-1-/t12-;/m1./s1. The minimum absolute atomic E-state index is 0.00926. The molecule has 0 aromatic rings. The van der Waals surface area contributed by atoms with E-state index in [1.807, 2.05) is 4.90 Å². The number of piperazine rings is 1. The van der Waals surface area contributed by atoms with Crippen LogP contribution in [0.15, 0.2) is 12.2 Å². The fraction of sp³-hybridized carbons (Fsp3) is 0.632. The molecule has 3 amide bonds. The number of carboxylic acid groups (broad SMARTS) is 2. The van der Waals surface area contributed by atoms with Crippen LogP contribution in [0, 0.1) is 0 Å². The van der Waals surface area contributed by atoms with E-state index in [1.54, 1.807) is 4.90 Å². The minimum Gasteiger partial charge on any atom is -0.478 e. The van der Waals surface area contributed by atoms with Crippen molar-refractivity contribution >= 4 is 29.7 Å². The Balaban J connectivity index is 0.000000366. The Morgan fingerprint density at radius 2 is 1.52 bits per heavy atom. The Morgan fingerprint density at radius 3 is 2.00 bits per heavy atom. The van der Waals surface area contributed by atoms with Gasteiger partial charge in [0.2, 0.25) is 17.7 Å². The van der Waals surface area contributed by atoms with E-state index in [0.29, 0.717) is 84.0 Å². The Bertz CT molecular complexity index is 696. The summed E-state index contributed by atoms with van der Waals surface area (Å²) in [6.07, 6.45) is 2.14. The normalized spacial score (nSPS) is 21.9.